The minimum Gasteiger partial charge on any atom is -0.382 e. The highest BCUT2D eigenvalue weighted by Gasteiger charge is 2.23. The van der Waals surface area contributed by atoms with Gasteiger partial charge in [-0.2, -0.15) is 0 Å². The lowest BCUT2D eigenvalue weighted by Crippen LogP contribution is -2.40. The molecule has 1 saturated carbocycles. The topological polar surface area (TPSA) is 66.9 Å². The number of nitrogens with zero attached hydrogens (tertiary/aromatic N) is 2. The van der Waals surface area contributed by atoms with Crippen LogP contribution in [-0.4, -0.2) is 28.0 Å². The van der Waals surface area contributed by atoms with Crippen molar-refractivity contribution < 1.29 is 4.79 Å². The fourth-order valence-electron chi connectivity index (χ4n) is 3.66. The molecule has 2 heterocycles. The predicted octanol–water partition coefficient (Wildman–Crippen LogP) is 5.09. The first-order chi connectivity index (χ1) is 13.6. The predicted molar refractivity (Wildman–Crippen MR) is 113 cm³/mol. The number of aromatic nitrogens is 2. The van der Waals surface area contributed by atoms with E-state index in [0.717, 1.165) is 42.3 Å². The van der Waals surface area contributed by atoms with Crippen LogP contribution in [0, 0.1) is 0 Å². The van der Waals surface area contributed by atoms with Gasteiger partial charge in [0.2, 0.25) is 0 Å². The Morgan fingerprint density at radius 1 is 0.929 bits per heavy atom. The van der Waals surface area contributed by atoms with Crippen molar-refractivity contribution in [3.05, 3.63) is 64.5 Å². The Morgan fingerprint density at radius 2 is 1.68 bits per heavy atom. The number of hydrogen-bond acceptors (Lipinski definition) is 4. The molecule has 5 nitrogen and oxygen atoms in total. The highest BCUT2D eigenvalue weighted by molar-refractivity contribution is 6.31. The number of amides is 1. The number of pyridine rings is 2. The number of carbonyl (C=O) groups excluding carboxylic acids is 1. The maximum Gasteiger partial charge on any atom is 0.251 e. The molecule has 0 bridgehead atoms. The van der Waals surface area contributed by atoms with Crippen molar-refractivity contribution in [2.24, 2.45) is 0 Å². The molecule has 1 fully saturated rings. The third kappa shape index (κ3) is 4.37. The fourth-order valence-corrected chi connectivity index (χ4v) is 4.00. The molecule has 144 valence electrons. The first kappa shape index (κ1) is 19.0. The van der Waals surface area contributed by atoms with Crippen LogP contribution in [0.25, 0.3) is 10.9 Å². The van der Waals surface area contributed by atoms with E-state index in [4.69, 9.17) is 23.2 Å². The average Bonchev–Trinajstić information content (AvgIpc) is 2.69. The van der Waals surface area contributed by atoms with E-state index in [9.17, 15) is 4.79 Å². The van der Waals surface area contributed by atoms with Gasteiger partial charge in [0.15, 0.2) is 0 Å². The van der Waals surface area contributed by atoms with Crippen molar-refractivity contribution in [2.45, 2.75) is 37.8 Å². The van der Waals surface area contributed by atoms with E-state index in [1.807, 2.05) is 24.3 Å². The standard InChI is InChI=1S/C21H20Cl2N4O/c22-14-1-6-17-18(8-10-24-19(17)12-14)26-15-2-4-16(5-3-15)27-21(28)13-7-9-25-20(23)11-13/h1,6-12,15-16H,2-5H2,(H,24,26)(H,27,28)/t15-,16+. The molecule has 2 N–H and O–H groups in total. The SMILES string of the molecule is O=C(N[C@H]1CC[C@@H](Nc2ccnc3cc(Cl)ccc23)CC1)c1ccnc(Cl)c1. The summed E-state index contributed by atoms with van der Waals surface area (Å²) in [5, 5.41) is 8.82. The molecule has 0 aliphatic heterocycles. The zero-order valence-electron chi connectivity index (χ0n) is 15.2. The number of benzene rings is 1. The zero-order chi connectivity index (χ0) is 19.5. The lowest BCUT2D eigenvalue weighted by Gasteiger charge is -2.30. The summed E-state index contributed by atoms with van der Waals surface area (Å²) in [7, 11) is 0. The number of halogens is 2. The van der Waals surface area contributed by atoms with E-state index in [1.165, 1.54) is 0 Å². The van der Waals surface area contributed by atoms with Crippen LogP contribution in [0.4, 0.5) is 5.69 Å². The highest BCUT2D eigenvalue weighted by Crippen LogP contribution is 2.28. The molecule has 2 aromatic heterocycles. The number of carbonyl (C=O) groups is 1. The molecule has 7 heteroatoms. The van der Waals surface area contributed by atoms with Crippen molar-refractivity contribution in [3.8, 4) is 0 Å². The molecule has 1 aliphatic carbocycles. The van der Waals surface area contributed by atoms with Crippen molar-refractivity contribution in [1.82, 2.24) is 15.3 Å². The zero-order valence-corrected chi connectivity index (χ0v) is 16.7. The molecule has 0 spiro atoms. The lowest BCUT2D eigenvalue weighted by molar-refractivity contribution is 0.0926. The molecular weight excluding hydrogens is 395 g/mol. The van der Waals surface area contributed by atoms with Crippen molar-refractivity contribution in [3.63, 3.8) is 0 Å². The number of nitrogens with one attached hydrogen (secondary N) is 2. The van der Waals surface area contributed by atoms with Crippen LogP contribution in [0.5, 0.6) is 0 Å². The normalized spacial score (nSPS) is 19.4. The Bertz CT molecular complexity index is 1000. The number of rotatable bonds is 4. The van der Waals surface area contributed by atoms with Crippen LogP contribution in [-0.2, 0) is 0 Å². The van der Waals surface area contributed by atoms with Gasteiger partial charge in [0, 0.05) is 46.1 Å². The van der Waals surface area contributed by atoms with Gasteiger partial charge in [0.1, 0.15) is 5.15 Å². The van der Waals surface area contributed by atoms with Crippen molar-refractivity contribution in [2.75, 3.05) is 5.32 Å². The average molecular weight is 415 g/mol. The van der Waals surface area contributed by atoms with Gasteiger partial charge in [-0.05, 0) is 62.1 Å². The molecule has 4 rings (SSSR count). The van der Waals surface area contributed by atoms with Crippen LogP contribution < -0.4 is 10.6 Å². The Labute approximate surface area is 173 Å². The summed E-state index contributed by atoms with van der Waals surface area (Å²) >= 11 is 11.9. The molecule has 0 radical (unpaired) electrons. The fraction of sp³-hybridized carbons (Fsp3) is 0.286. The summed E-state index contributed by atoms with van der Waals surface area (Å²) < 4.78 is 0. The maximum absolute atomic E-state index is 12.4. The van der Waals surface area contributed by atoms with E-state index in [0.29, 0.717) is 21.8 Å². The molecule has 0 unspecified atom stereocenters. The van der Waals surface area contributed by atoms with Crippen LogP contribution in [0.1, 0.15) is 36.0 Å². The Morgan fingerprint density at radius 3 is 2.46 bits per heavy atom. The van der Waals surface area contributed by atoms with Gasteiger partial charge in [-0.15, -0.1) is 0 Å². The molecule has 1 amide bonds. The number of fused-ring (bicyclic) bond motifs is 1. The quantitative estimate of drug-likeness (QED) is 0.583. The second kappa shape index (κ2) is 8.33. The van der Waals surface area contributed by atoms with Gasteiger partial charge in [0.25, 0.3) is 5.91 Å². The van der Waals surface area contributed by atoms with E-state index >= 15 is 0 Å². The maximum atomic E-state index is 12.4. The molecule has 28 heavy (non-hydrogen) atoms. The van der Waals surface area contributed by atoms with Gasteiger partial charge in [-0.25, -0.2) is 4.98 Å². The smallest absolute Gasteiger partial charge is 0.251 e. The van der Waals surface area contributed by atoms with Gasteiger partial charge in [0.05, 0.1) is 5.52 Å². The second-order valence-corrected chi connectivity index (χ2v) is 7.88. The van der Waals surface area contributed by atoms with Gasteiger partial charge >= 0.3 is 0 Å². The third-order valence-corrected chi connectivity index (χ3v) is 5.56. The van der Waals surface area contributed by atoms with E-state index in [-0.39, 0.29) is 11.9 Å². The number of anilines is 1. The molecule has 1 aliphatic rings. The minimum atomic E-state index is -0.0993. The van der Waals surface area contributed by atoms with Crippen LogP contribution >= 0.6 is 23.2 Å². The summed E-state index contributed by atoms with van der Waals surface area (Å²) in [5.74, 6) is -0.0993. The summed E-state index contributed by atoms with van der Waals surface area (Å²) in [6.45, 7) is 0. The Hall–Kier alpha value is -2.37. The molecule has 1 aromatic carbocycles. The minimum absolute atomic E-state index is 0.0993. The van der Waals surface area contributed by atoms with Crippen molar-refractivity contribution >= 4 is 45.7 Å². The lowest BCUT2D eigenvalue weighted by atomic mass is 9.90. The van der Waals surface area contributed by atoms with Crippen LogP contribution in [0.2, 0.25) is 10.2 Å². The van der Waals surface area contributed by atoms with E-state index < -0.39 is 0 Å². The molecular formula is C21H20Cl2N4O. The largest absolute Gasteiger partial charge is 0.382 e. The summed E-state index contributed by atoms with van der Waals surface area (Å²) in [6.07, 6.45) is 7.17. The van der Waals surface area contributed by atoms with Crippen LogP contribution in [0.15, 0.2) is 48.8 Å². The summed E-state index contributed by atoms with van der Waals surface area (Å²) in [5.41, 5.74) is 2.50. The summed E-state index contributed by atoms with van der Waals surface area (Å²) in [6, 6.07) is 11.6. The first-order valence-electron chi connectivity index (χ1n) is 9.32. The van der Waals surface area contributed by atoms with Gasteiger partial charge < -0.3 is 10.6 Å². The monoisotopic (exact) mass is 414 g/mol. The number of hydrogen-bond donors (Lipinski definition) is 2. The second-order valence-electron chi connectivity index (χ2n) is 7.05. The van der Waals surface area contributed by atoms with E-state index in [2.05, 4.69) is 20.6 Å². The third-order valence-electron chi connectivity index (χ3n) is 5.12. The van der Waals surface area contributed by atoms with Gasteiger partial charge in [-0.1, -0.05) is 23.2 Å². The Balaban J connectivity index is 1.35. The molecule has 0 saturated heterocycles. The van der Waals surface area contributed by atoms with E-state index in [1.54, 1.807) is 24.5 Å². The Kier molecular flexibility index (Phi) is 5.64. The first-order valence-corrected chi connectivity index (χ1v) is 10.1. The highest BCUT2D eigenvalue weighted by atomic mass is 35.5. The van der Waals surface area contributed by atoms with Gasteiger partial charge in [-0.3, -0.25) is 9.78 Å². The summed E-state index contributed by atoms with van der Waals surface area (Å²) in [4.78, 5) is 20.7. The molecule has 3 aromatic rings. The van der Waals surface area contributed by atoms with Crippen LogP contribution in [0.3, 0.4) is 0 Å². The molecule has 0 atom stereocenters. The van der Waals surface area contributed by atoms with Crippen molar-refractivity contribution in [1.29, 1.82) is 0 Å².